The summed E-state index contributed by atoms with van der Waals surface area (Å²) in [7, 11) is -3.90. The Bertz CT molecular complexity index is 909. The van der Waals surface area contributed by atoms with Gasteiger partial charge in [0.2, 0.25) is 10.0 Å². The van der Waals surface area contributed by atoms with Crippen LogP contribution in [-0.4, -0.2) is 23.7 Å². The third kappa shape index (κ3) is 3.54. The highest BCUT2D eigenvalue weighted by molar-refractivity contribution is 7.89. The molecule has 3 rings (SSSR count). The van der Waals surface area contributed by atoms with Crippen LogP contribution >= 0.6 is 0 Å². The van der Waals surface area contributed by atoms with E-state index in [1.165, 1.54) is 41.6 Å². The van der Waals surface area contributed by atoms with Gasteiger partial charge in [-0.15, -0.1) is 0 Å². The van der Waals surface area contributed by atoms with Gasteiger partial charge in [0.15, 0.2) is 0 Å². The summed E-state index contributed by atoms with van der Waals surface area (Å²) < 4.78 is 40.6. The fraction of sp³-hybridized carbons (Fsp3) is 0.294. The van der Waals surface area contributed by atoms with E-state index in [1.54, 1.807) is 12.1 Å². The largest absolute Gasteiger partial charge is 0.273 e. The first-order chi connectivity index (χ1) is 11.8. The highest BCUT2D eigenvalue weighted by atomic mass is 32.2. The van der Waals surface area contributed by atoms with E-state index in [2.05, 4.69) is 0 Å². The third-order valence-corrected chi connectivity index (χ3v) is 6.29. The Balaban J connectivity index is 2.00. The van der Waals surface area contributed by atoms with Crippen molar-refractivity contribution in [2.75, 3.05) is 0 Å². The highest BCUT2D eigenvalue weighted by Gasteiger charge is 2.39. The van der Waals surface area contributed by atoms with Crippen molar-refractivity contribution >= 4 is 15.7 Å². The molecule has 0 saturated heterocycles. The van der Waals surface area contributed by atoms with Crippen LogP contribution in [0.4, 0.5) is 10.1 Å². The average Bonchev–Trinajstić information content (AvgIpc) is 3.38. The number of hydrogen-bond acceptors (Lipinski definition) is 4. The smallest absolute Gasteiger partial charge is 0.258 e. The van der Waals surface area contributed by atoms with Crippen LogP contribution in [0.1, 0.15) is 24.0 Å². The average molecular weight is 364 g/mol. The van der Waals surface area contributed by atoms with Crippen molar-refractivity contribution in [3.05, 3.63) is 69.5 Å². The molecule has 0 aromatic heterocycles. The SMILES string of the molecule is Cc1c([N+](=O)[O-])cccc1S(=O)(=O)N(Cc1ccc(F)cc1)C1CC1. The summed E-state index contributed by atoms with van der Waals surface area (Å²) in [5.74, 6) is -0.390. The molecule has 25 heavy (non-hydrogen) atoms. The lowest BCUT2D eigenvalue weighted by Gasteiger charge is -2.23. The fourth-order valence-electron chi connectivity index (χ4n) is 2.75. The van der Waals surface area contributed by atoms with Gasteiger partial charge < -0.3 is 0 Å². The second kappa shape index (κ2) is 6.53. The Kier molecular flexibility index (Phi) is 4.57. The first kappa shape index (κ1) is 17.5. The summed E-state index contributed by atoms with van der Waals surface area (Å²) in [5.41, 5.74) is 0.566. The van der Waals surface area contributed by atoms with E-state index < -0.39 is 14.9 Å². The summed E-state index contributed by atoms with van der Waals surface area (Å²) >= 11 is 0. The topological polar surface area (TPSA) is 80.5 Å². The van der Waals surface area contributed by atoms with E-state index in [0.29, 0.717) is 5.56 Å². The van der Waals surface area contributed by atoms with Crippen LogP contribution in [0, 0.1) is 22.9 Å². The molecule has 1 saturated carbocycles. The number of sulfonamides is 1. The predicted molar refractivity (Wildman–Crippen MR) is 90.0 cm³/mol. The van der Waals surface area contributed by atoms with Crippen molar-refractivity contribution in [1.82, 2.24) is 4.31 Å². The second-order valence-corrected chi connectivity index (χ2v) is 7.92. The molecule has 2 aromatic rings. The van der Waals surface area contributed by atoms with Crippen molar-refractivity contribution in [2.24, 2.45) is 0 Å². The molecule has 0 N–H and O–H groups in total. The molecule has 0 heterocycles. The molecule has 0 amide bonds. The lowest BCUT2D eigenvalue weighted by molar-refractivity contribution is -0.385. The van der Waals surface area contributed by atoms with Gasteiger partial charge in [0.1, 0.15) is 5.82 Å². The van der Waals surface area contributed by atoms with Gasteiger partial charge in [0.25, 0.3) is 5.69 Å². The van der Waals surface area contributed by atoms with Gasteiger partial charge in [-0.3, -0.25) is 10.1 Å². The van der Waals surface area contributed by atoms with Gasteiger partial charge in [-0.25, -0.2) is 12.8 Å². The molecule has 8 heteroatoms. The van der Waals surface area contributed by atoms with Crippen molar-refractivity contribution < 1.29 is 17.7 Å². The first-order valence-electron chi connectivity index (χ1n) is 7.81. The summed E-state index contributed by atoms with van der Waals surface area (Å²) in [5, 5.41) is 11.1. The molecule has 1 fully saturated rings. The van der Waals surface area contributed by atoms with E-state index in [9.17, 15) is 22.9 Å². The van der Waals surface area contributed by atoms with Gasteiger partial charge in [-0.05, 0) is 43.5 Å². The Morgan fingerprint density at radius 2 is 1.84 bits per heavy atom. The molecular formula is C17H17FN2O4S. The molecule has 132 valence electrons. The van der Waals surface area contributed by atoms with Crippen LogP contribution < -0.4 is 0 Å². The van der Waals surface area contributed by atoms with Gasteiger partial charge in [0, 0.05) is 24.2 Å². The van der Waals surface area contributed by atoms with Crippen molar-refractivity contribution in [3.8, 4) is 0 Å². The normalized spacial score (nSPS) is 14.7. The van der Waals surface area contributed by atoms with Gasteiger partial charge in [-0.2, -0.15) is 4.31 Å². The minimum Gasteiger partial charge on any atom is -0.258 e. The van der Waals surface area contributed by atoms with Crippen LogP contribution in [0.15, 0.2) is 47.4 Å². The van der Waals surface area contributed by atoms with Crippen molar-refractivity contribution in [2.45, 2.75) is 37.2 Å². The maximum atomic E-state index is 13.1. The monoisotopic (exact) mass is 364 g/mol. The molecule has 0 spiro atoms. The molecule has 1 aliphatic carbocycles. The molecule has 0 radical (unpaired) electrons. The lowest BCUT2D eigenvalue weighted by atomic mass is 10.2. The Morgan fingerprint density at radius 3 is 2.40 bits per heavy atom. The zero-order valence-corrected chi connectivity index (χ0v) is 14.4. The minimum atomic E-state index is -3.90. The Labute approximate surface area is 145 Å². The van der Waals surface area contributed by atoms with Crippen LogP contribution in [-0.2, 0) is 16.6 Å². The predicted octanol–water partition coefficient (Wildman–Crippen LogP) is 3.40. The van der Waals surface area contributed by atoms with Crippen molar-refractivity contribution in [1.29, 1.82) is 0 Å². The maximum Gasteiger partial charge on any atom is 0.273 e. The molecule has 0 bridgehead atoms. The van der Waals surface area contributed by atoms with E-state index in [-0.39, 0.29) is 34.6 Å². The molecule has 0 aliphatic heterocycles. The van der Waals surface area contributed by atoms with E-state index >= 15 is 0 Å². The Hall–Kier alpha value is -2.32. The Morgan fingerprint density at radius 1 is 1.20 bits per heavy atom. The number of nitro benzene ring substituents is 1. The molecule has 0 unspecified atom stereocenters. The maximum absolute atomic E-state index is 13.1. The van der Waals surface area contributed by atoms with E-state index in [1.807, 2.05) is 0 Å². The highest BCUT2D eigenvalue weighted by Crippen LogP contribution is 2.35. The van der Waals surface area contributed by atoms with Gasteiger partial charge in [0.05, 0.1) is 9.82 Å². The van der Waals surface area contributed by atoms with Crippen LogP contribution in [0.5, 0.6) is 0 Å². The molecule has 6 nitrogen and oxygen atoms in total. The molecule has 2 aromatic carbocycles. The molecule has 1 aliphatic rings. The molecule has 0 atom stereocenters. The summed E-state index contributed by atoms with van der Waals surface area (Å²) in [6, 6.07) is 9.57. The second-order valence-electron chi connectivity index (χ2n) is 6.07. The van der Waals surface area contributed by atoms with E-state index in [4.69, 9.17) is 0 Å². The summed E-state index contributed by atoms with van der Waals surface area (Å²) in [4.78, 5) is 10.5. The van der Waals surface area contributed by atoms with Gasteiger partial charge in [-0.1, -0.05) is 18.2 Å². The van der Waals surface area contributed by atoms with Crippen LogP contribution in [0.25, 0.3) is 0 Å². The zero-order valence-electron chi connectivity index (χ0n) is 13.6. The fourth-order valence-corrected chi connectivity index (χ4v) is 4.67. The van der Waals surface area contributed by atoms with Crippen LogP contribution in [0.3, 0.4) is 0 Å². The third-order valence-electron chi connectivity index (χ3n) is 4.24. The number of hydrogen-bond donors (Lipinski definition) is 0. The first-order valence-corrected chi connectivity index (χ1v) is 9.25. The standard InChI is InChI=1S/C17H17FN2O4S/c1-12-16(20(21)22)3-2-4-17(12)25(23,24)19(15-9-10-15)11-13-5-7-14(18)8-6-13/h2-8,15H,9-11H2,1H3. The number of rotatable bonds is 6. The van der Waals surface area contributed by atoms with Crippen molar-refractivity contribution in [3.63, 3.8) is 0 Å². The number of nitrogens with zero attached hydrogens (tertiary/aromatic N) is 2. The summed E-state index contributed by atoms with van der Waals surface area (Å²) in [6.45, 7) is 1.55. The van der Waals surface area contributed by atoms with Gasteiger partial charge >= 0.3 is 0 Å². The lowest BCUT2D eigenvalue weighted by Crippen LogP contribution is -2.33. The number of halogens is 1. The molecular weight excluding hydrogens is 347 g/mol. The summed E-state index contributed by atoms with van der Waals surface area (Å²) in [6.07, 6.45) is 1.49. The quantitative estimate of drug-likeness (QED) is 0.581. The zero-order chi connectivity index (χ0) is 18.2. The van der Waals surface area contributed by atoms with E-state index in [0.717, 1.165) is 12.8 Å². The minimum absolute atomic E-state index is 0.0595. The number of benzene rings is 2. The van der Waals surface area contributed by atoms with Crippen LogP contribution in [0.2, 0.25) is 0 Å². The number of nitro groups is 1.